The zero-order chi connectivity index (χ0) is 11.6. The van der Waals surface area contributed by atoms with E-state index in [2.05, 4.69) is 31.8 Å². The van der Waals surface area contributed by atoms with Gasteiger partial charge in [0.25, 0.3) is 0 Å². The number of aromatic nitrogens is 1. The van der Waals surface area contributed by atoms with Crippen molar-refractivity contribution in [1.29, 1.82) is 0 Å². The predicted molar refractivity (Wildman–Crippen MR) is 65.1 cm³/mol. The molecule has 0 fully saturated rings. The summed E-state index contributed by atoms with van der Waals surface area (Å²) < 4.78 is 5.82. The van der Waals surface area contributed by atoms with Gasteiger partial charge in [-0.15, -0.1) is 0 Å². The van der Waals surface area contributed by atoms with E-state index in [0.29, 0.717) is 0 Å². The molecule has 0 aliphatic rings. The molecular formula is C14H17NO. The van der Waals surface area contributed by atoms with Crippen LogP contribution in [0.5, 0.6) is 0 Å². The summed E-state index contributed by atoms with van der Waals surface area (Å²) >= 11 is 0. The summed E-state index contributed by atoms with van der Waals surface area (Å²) in [4.78, 5) is 4.00. The lowest BCUT2D eigenvalue weighted by Crippen LogP contribution is -2.08. The highest BCUT2D eigenvalue weighted by molar-refractivity contribution is 5.56. The molecule has 2 aromatic rings. The van der Waals surface area contributed by atoms with Crippen LogP contribution in [-0.4, -0.2) is 4.98 Å². The van der Waals surface area contributed by atoms with Gasteiger partial charge in [-0.1, -0.05) is 20.8 Å². The maximum absolute atomic E-state index is 5.82. The molecule has 2 heteroatoms. The van der Waals surface area contributed by atoms with Gasteiger partial charge in [-0.3, -0.25) is 4.98 Å². The molecule has 0 spiro atoms. The van der Waals surface area contributed by atoms with Crippen molar-refractivity contribution >= 4 is 0 Å². The molecule has 0 aliphatic heterocycles. The van der Waals surface area contributed by atoms with E-state index in [1.807, 2.05) is 18.2 Å². The fraction of sp³-hybridized carbons (Fsp3) is 0.357. The third kappa shape index (κ3) is 2.72. The third-order valence-corrected chi connectivity index (χ3v) is 2.33. The topological polar surface area (TPSA) is 26.0 Å². The van der Waals surface area contributed by atoms with Crippen molar-refractivity contribution in [1.82, 2.24) is 4.98 Å². The van der Waals surface area contributed by atoms with Crippen molar-refractivity contribution in [2.24, 2.45) is 5.41 Å². The predicted octanol–water partition coefficient (Wildman–Crippen LogP) is 3.93. The van der Waals surface area contributed by atoms with E-state index in [-0.39, 0.29) is 5.41 Å². The smallest absolute Gasteiger partial charge is 0.134 e. The molecule has 0 atom stereocenters. The Kier molecular flexibility index (Phi) is 2.82. The Bertz CT molecular complexity index is 451. The Labute approximate surface area is 96.3 Å². The van der Waals surface area contributed by atoms with Gasteiger partial charge in [0.15, 0.2) is 0 Å². The van der Waals surface area contributed by atoms with Crippen LogP contribution in [0.2, 0.25) is 0 Å². The molecule has 0 radical (unpaired) electrons. The van der Waals surface area contributed by atoms with Crippen molar-refractivity contribution < 1.29 is 4.42 Å². The van der Waals surface area contributed by atoms with Gasteiger partial charge in [0.2, 0.25) is 0 Å². The second kappa shape index (κ2) is 4.12. The first kappa shape index (κ1) is 10.9. The minimum atomic E-state index is 0.257. The Morgan fingerprint density at radius 2 is 1.75 bits per heavy atom. The quantitative estimate of drug-likeness (QED) is 0.758. The van der Waals surface area contributed by atoms with Crippen LogP contribution in [0, 0.1) is 5.41 Å². The molecule has 0 amide bonds. The fourth-order valence-electron chi connectivity index (χ4n) is 1.67. The van der Waals surface area contributed by atoms with Gasteiger partial charge in [0.1, 0.15) is 11.5 Å². The minimum absolute atomic E-state index is 0.257. The van der Waals surface area contributed by atoms with E-state index >= 15 is 0 Å². The van der Waals surface area contributed by atoms with Crippen LogP contribution in [0.3, 0.4) is 0 Å². The monoisotopic (exact) mass is 215 g/mol. The highest BCUT2D eigenvalue weighted by atomic mass is 16.3. The van der Waals surface area contributed by atoms with Crippen LogP contribution in [0.15, 0.2) is 41.1 Å². The molecule has 0 bridgehead atoms. The Balaban J connectivity index is 2.21. The summed E-state index contributed by atoms with van der Waals surface area (Å²) in [6.45, 7) is 6.63. The Morgan fingerprint density at radius 3 is 2.38 bits per heavy atom. The van der Waals surface area contributed by atoms with Crippen LogP contribution in [0.1, 0.15) is 26.5 Å². The average Bonchev–Trinajstić information content (AvgIpc) is 2.65. The zero-order valence-corrected chi connectivity index (χ0v) is 10.0. The first-order valence-electron chi connectivity index (χ1n) is 5.54. The van der Waals surface area contributed by atoms with Crippen LogP contribution >= 0.6 is 0 Å². The molecular weight excluding hydrogens is 198 g/mol. The molecule has 2 aromatic heterocycles. The van der Waals surface area contributed by atoms with Gasteiger partial charge < -0.3 is 4.42 Å². The van der Waals surface area contributed by atoms with Crippen LogP contribution < -0.4 is 0 Å². The maximum Gasteiger partial charge on any atom is 0.134 e. The lowest BCUT2D eigenvalue weighted by molar-refractivity contribution is 0.366. The number of furan rings is 1. The molecule has 16 heavy (non-hydrogen) atoms. The van der Waals surface area contributed by atoms with E-state index in [4.69, 9.17) is 4.42 Å². The van der Waals surface area contributed by atoms with Crippen LogP contribution in [-0.2, 0) is 6.42 Å². The number of hydrogen-bond donors (Lipinski definition) is 0. The van der Waals surface area contributed by atoms with E-state index in [0.717, 1.165) is 23.5 Å². The highest BCUT2D eigenvalue weighted by Gasteiger charge is 2.14. The standard InChI is InChI=1S/C14H17NO/c1-14(2,3)10-12-4-5-13(16-12)11-6-8-15-9-7-11/h4-9H,10H2,1-3H3. The van der Waals surface area contributed by atoms with Crippen molar-refractivity contribution in [3.8, 4) is 11.3 Å². The van der Waals surface area contributed by atoms with Gasteiger partial charge in [0.05, 0.1) is 0 Å². The lowest BCUT2D eigenvalue weighted by atomic mass is 9.91. The second-order valence-electron chi connectivity index (χ2n) is 5.24. The van der Waals surface area contributed by atoms with E-state index < -0.39 is 0 Å². The third-order valence-electron chi connectivity index (χ3n) is 2.33. The van der Waals surface area contributed by atoms with Gasteiger partial charge >= 0.3 is 0 Å². The second-order valence-corrected chi connectivity index (χ2v) is 5.24. The van der Waals surface area contributed by atoms with Crippen molar-refractivity contribution in [2.45, 2.75) is 27.2 Å². The van der Waals surface area contributed by atoms with Crippen molar-refractivity contribution in [2.75, 3.05) is 0 Å². The maximum atomic E-state index is 5.82. The summed E-state index contributed by atoms with van der Waals surface area (Å²) in [5, 5.41) is 0. The first-order chi connectivity index (χ1) is 7.54. The van der Waals surface area contributed by atoms with E-state index in [9.17, 15) is 0 Å². The number of pyridine rings is 1. The van der Waals surface area contributed by atoms with E-state index in [1.165, 1.54) is 0 Å². The molecule has 0 unspecified atom stereocenters. The van der Waals surface area contributed by atoms with Gasteiger partial charge in [0, 0.05) is 24.4 Å². The molecule has 2 rings (SSSR count). The largest absolute Gasteiger partial charge is 0.461 e. The Hall–Kier alpha value is -1.57. The zero-order valence-electron chi connectivity index (χ0n) is 10.0. The number of hydrogen-bond acceptors (Lipinski definition) is 2. The fourth-order valence-corrected chi connectivity index (χ4v) is 1.67. The summed E-state index contributed by atoms with van der Waals surface area (Å²) in [5.41, 5.74) is 1.34. The molecule has 0 aromatic carbocycles. The summed E-state index contributed by atoms with van der Waals surface area (Å²) in [5.74, 6) is 1.96. The molecule has 0 aliphatic carbocycles. The number of nitrogens with zero attached hydrogens (tertiary/aromatic N) is 1. The average molecular weight is 215 g/mol. The molecule has 0 saturated carbocycles. The Morgan fingerprint density at radius 1 is 1.06 bits per heavy atom. The van der Waals surface area contributed by atoms with Gasteiger partial charge in [-0.2, -0.15) is 0 Å². The normalized spacial score (nSPS) is 11.7. The minimum Gasteiger partial charge on any atom is -0.461 e. The van der Waals surface area contributed by atoms with Crippen molar-refractivity contribution in [3.63, 3.8) is 0 Å². The molecule has 2 heterocycles. The van der Waals surface area contributed by atoms with Gasteiger partial charge in [-0.25, -0.2) is 0 Å². The first-order valence-corrected chi connectivity index (χ1v) is 5.54. The summed E-state index contributed by atoms with van der Waals surface area (Å²) in [6, 6.07) is 8.00. The molecule has 2 nitrogen and oxygen atoms in total. The molecule has 84 valence electrons. The summed E-state index contributed by atoms with van der Waals surface area (Å²) in [6.07, 6.45) is 4.51. The van der Waals surface area contributed by atoms with Gasteiger partial charge in [-0.05, 0) is 29.7 Å². The SMILES string of the molecule is CC(C)(C)Cc1ccc(-c2ccncc2)o1. The van der Waals surface area contributed by atoms with Crippen molar-refractivity contribution in [3.05, 3.63) is 42.4 Å². The van der Waals surface area contributed by atoms with Crippen LogP contribution in [0.4, 0.5) is 0 Å². The van der Waals surface area contributed by atoms with Crippen LogP contribution in [0.25, 0.3) is 11.3 Å². The lowest BCUT2D eigenvalue weighted by Gasteiger charge is -2.15. The summed E-state index contributed by atoms with van der Waals surface area (Å²) in [7, 11) is 0. The highest BCUT2D eigenvalue weighted by Crippen LogP contribution is 2.26. The molecule has 0 N–H and O–H groups in total. The number of rotatable bonds is 2. The van der Waals surface area contributed by atoms with E-state index in [1.54, 1.807) is 12.4 Å². The molecule has 0 saturated heterocycles.